The van der Waals surface area contributed by atoms with Crippen molar-refractivity contribution in [3.05, 3.63) is 0 Å². The van der Waals surface area contributed by atoms with Crippen LogP contribution in [0.1, 0.15) is 25.7 Å². The van der Waals surface area contributed by atoms with E-state index >= 15 is 0 Å². The van der Waals surface area contributed by atoms with Gasteiger partial charge in [0.1, 0.15) is 0 Å². The molecule has 0 aliphatic heterocycles. The Bertz CT molecular complexity index is 279. The molecule has 0 radical (unpaired) electrons. The lowest BCUT2D eigenvalue weighted by atomic mass is 9.85. The Labute approximate surface area is 91.1 Å². The number of rotatable bonds is 5. The van der Waals surface area contributed by atoms with Gasteiger partial charge >= 0.3 is 0 Å². The molecule has 0 aromatic carbocycles. The Balaban J connectivity index is 2.29. The molecule has 1 aliphatic rings. The van der Waals surface area contributed by atoms with Gasteiger partial charge in [-0.05, 0) is 18.8 Å². The van der Waals surface area contributed by atoms with Crippen molar-refractivity contribution in [1.82, 2.24) is 5.32 Å². The van der Waals surface area contributed by atoms with Crippen LogP contribution >= 0.6 is 0 Å². The topological polar surface area (TPSA) is 92.4 Å². The van der Waals surface area contributed by atoms with E-state index < -0.39 is 10.0 Å². The summed E-state index contributed by atoms with van der Waals surface area (Å²) in [7, 11) is -3.37. The third-order valence-electron chi connectivity index (χ3n) is 2.94. The number of nitrogens with one attached hydrogen (secondary N) is 1. The fraction of sp³-hybridized carbons (Fsp3) is 1.00. The normalized spacial score (nSPS) is 27.9. The van der Waals surface area contributed by atoms with Gasteiger partial charge in [-0.3, -0.25) is 0 Å². The summed E-state index contributed by atoms with van der Waals surface area (Å²) in [5.74, 6) is 0.223. The number of aliphatic hydroxyl groups is 1. The van der Waals surface area contributed by atoms with Crippen molar-refractivity contribution >= 4 is 10.0 Å². The molecule has 1 fully saturated rings. The van der Waals surface area contributed by atoms with Crippen molar-refractivity contribution in [2.45, 2.75) is 31.7 Å². The first-order chi connectivity index (χ1) is 7.03. The van der Waals surface area contributed by atoms with Crippen molar-refractivity contribution in [3.63, 3.8) is 0 Å². The van der Waals surface area contributed by atoms with Gasteiger partial charge in [0.2, 0.25) is 10.0 Å². The molecule has 4 N–H and O–H groups in total. The third-order valence-corrected chi connectivity index (χ3v) is 3.71. The zero-order valence-electron chi connectivity index (χ0n) is 8.85. The summed E-state index contributed by atoms with van der Waals surface area (Å²) in [6.07, 6.45) is 4.32. The fourth-order valence-corrected chi connectivity index (χ4v) is 2.48. The molecule has 0 heterocycles. The molecule has 0 amide bonds. The van der Waals surface area contributed by atoms with Crippen molar-refractivity contribution in [1.29, 1.82) is 0 Å². The average molecular weight is 236 g/mol. The van der Waals surface area contributed by atoms with E-state index in [1.165, 1.54) is 0 Å². The Hall–Kier alpha value is -0.170. The van der Waals surface area contributed by atoms with Gasteiger partial charge in [0.05, 0.1) is 5.75 Å². The summed E-state index contributed by atoms with van der Waals surface area (Å²) in [4.78, 5) is 0. The van der Waals surface area contributed by atoms with E-state index in [0.29, 0.717) is 6.54 Å². The van der Waals surface area contributed by atoms with Gasteiger partial charge in [-0.1, -0.05) is 12.8 Å². The fourth-order valence-electron chi connectivity index (χ4n) is 2.08. The zero-order valence-corrected chi connectivity index (χ0v) is 9.67. The SMILES string of the molecule is NS(=O)(=O)CCNC1CCCCC1CO. The number of aliphatic hydroxyl groups excluding tert-OH is 1. The predicted molar refractivity (Wildman–Crippen MR) is 58.8 cm³/mol. The van der Waals surface area contributed by atoms with E-state index in [1.807, 2.05) is 0 Å². The van der Waals surface area contributed by atoms with Gasteiger partial charge in [0.15, 0.2) is 0 Å². The lowest BCUT2D eigenvalue weighted by Gasteiger charge is -2.30. The van der Waals surface area contributed by atoms with Crippen LogP contribution in [-0.2, 0) is 10.0 Å². The molecule has 15 heavy (non-hydrogen) atoms. The summed E-state index contributed by atoms with van der Waals surface area (Å²) >= 11 is 0. The maximum atomic E-state index is 10.7. The van der Waals surface area contributed by atoms with Crippen LogP contribution < -0.4 is 10.5 Å². The molecule has 0 spiro atoms. The Kier molecular flexibility index (Phi) is 4.98. The van der Waals surface area contributed by atoms with Crippen LogP contribution in [0.15, 0.2) is 0 Å². The van der Waals surface area contributed by atoms with E-state index in [9.17, 15) is 8.42 Å². The number of nitrogens with two attached hydrogens (primary N) is 1. The van der Waals surface area contributed by atoms with Crippen LogP contribution in [-0.4, -0.2) is 38.5 Å². The summed E-state index contributed by atoms with van der Waals surface area (Å²) in [6.45, 7) is 0.549. The van der Waals surface area contributed by atoms with E-state index in [0.717, 1.165) is 25.7 Å². The molecule has 0 aromatic heterocycles. The smallest absolute Gasteiger partial charge is 0.210 e. The van der Waals surface area contributed by atoms with Gasteiger partial charge in [-0.25, -0.2) is 13.6 Å². The molecular formula is C9H20N2O3S. The van der Waals surface area contributed by atoms with Crippen LogP contribution in [0.3, 0.4) is 0 Å². The molecular weight excluding hydrogens is 216 g/mol. The molecule has 90 valence electrons. The number of hydrogen-bond acceptors (Lipinski definition) is 4. The highest BCUT2D eigenvalue weighted by atomic mass is 32.2. The summed E-state index contributed by atoms with van der Waals surface area (Å²) < 4.78 is 21.4. The van der Waals surface area contributed by atoms with Crippen LogP contribution in [0.2, 0.25) is 0 Å². The van der Waals surface area contributed by atoms with Crippen molar-refractivity contribution in [3.8, 4) is 0 Å². The maximum Gasteiger partial charge on any atom is 0.210 e. The van der Waals surface area contributed by atoms with Crippen LogP contribution in [0.5, 0.6) is 0 Å². The van der Waals surface area contributed by atoms with Gasteiger partial charge in [-0.15, -0.1) is 0 Å². The van der Waals surface area contributed by atoms with Crippen molar-refractivity contribution < 1.29 is 13.5 Å². The molecule has 0 bridgehead atoms. The second-order valence-corrected chi connectivity index (χ2v) is 5.89. The minimum Gasteiger partial charge on any atom is -0.396 e. The maximum absolute atomic E-state index is 10.7. The predicted octanol–water partition coefficient (Wildman–Crippen LogP) is -0.584. The molecule has 0 aromatic rings. The first-order valence-electron chi connectivity index (χ1n) is 5.37. The average Bonchev–Trinajstić information content (AvgIpc) is 2.16. The Morgan fingerprint density at radius 3 is 2.60 bits per heavy atom. The molecule has 0 saturated heterocycles. The van der Waals surface area contributed by atoms with Gasteiger partial charge < -0.3 is 10.4 Å². The zero-order chi connectivity index (χ0) is 11.3. The van der Waals surface area contributed by atoms with E-state index in [-0.39, 0.29) is 24.3 Å². The lowest BCUT2D eigenvalue weighted by Crippen LogP contribution is -2.42. The quantitative estimate of drug-likeness (QED) is 0.595. The van der Waals surface area contributed by atoms with Crippen LogP contribution in [0.4, 0.5) is 0 Å². The van der Waals surface area contributed by atoms with Crippen molar-refractivity contribution in [2.75, 3.05) is 18.9 Å². The van der Waals surface area contributed by atoms with E-state index in [2.05, 4.69) is 5.32 Å². The second-order valence-electron chi connectivity index (χ2n) is 4.15. The number of sulfonamides is 1. The summed E-state index contributed by atoms with van der Waals surface area (Å²) in [6, 6.07) is 0.241. The number of primary sulfonamides is 1. The third kappa shape index (κ3) is 4.92. The first kappa shape index (κ1) is 12.9. The summed E-state index contributed by atoms with van der Waals surface area (Å²) in [5, 5.41) is 17.2. The Morgan fingerprint density at radius 2 is 2.00 bits per heavy atom. The first-order valence-corrected chi connectivity index (χ1v) is 7.09. The second kappa shape index (κ2) is 5.79. The molecule has 2 unspecified atom stereocenters. The molecule has 1 aliphatic carbocycles. The highest BCUT2D eigenvalue weighted by Gasteiger charge is 2.23. The minimum atomic E-state index is -3.37. The van der Waals surface area contributed by atoms with Crippen LogP contribution in [0, 0.1) is 5.92 Å². The van der Waals surface area contributed by atoms with Gasteiger partial charge in [0.25, 0.3) is 0 Å². The lowest BCUT2D eigenvalue weighted by molar-refractivity contribution is 0.154. The Morgan fingerprint density at radius 1 is 1.33 bits per heavy atom. The molecule has 5 nitrogen and oxygen atoms in total. The molecule has 6 heteroatoms. The van der Waals surface area contributed by atoms with E-state index in [1.54, 1.807) is 0 Å². The van der Waals surface area contributed by atoms with Gasteiger partial charge in [0, 0.05) is 19.2 Å². The molecule has 1 rings (SSSR count). The molecule has 2 atom stereocenters. The van der Waals surface area contributed by atoms with Gasteiger partial charge in [-0.2, -0.15) is 0 Å². The monoisotopic (exact) mass is 236 g/mol. The highest BCUT2D eigenvalue weighted by molar-refractivity contribution is 7.89. The largest absolute Gasteiger partial charge is 0.396 e. The number of hydrogen-bond donors (Lipinski definition) is 3. The van der Waals surface area contributed by atoms with Crippen molar-refractivity contribution in [2.24, 2.45) is 11.1 Å². The van der Waals surface area contributed by atoms with E-state index in [4.69, 9.17) is 10.2 Å². The van der Waals surface area contributed by atoms with Crippen LogP contribution in [0.25, 0.3) is 0 Å². The highest BCUT2D eigenvalue weighted by Crippen LogP contribution is 2.23. The summed E-state index contributed by atoms with van der Waals surface area (Å²) in [5.41, 5.74) is 0. The minimum absolute atomic E-state index is 0.0400. The standard InChI is InChI=1S/C9H20N2O3S/c10-15(13,14)6-5-11-9-4-2-1-3-8(9)7-12/h8-9,11-12H,1-7H2,(H2,10,13,14). The molecule has 1 saturated carbocycles.